The highest BCUT2D eigenvalue weighted by molar-refractivity contribution is 5.66. The summed E-state index contributed by atoms with van der Waals surface area (Å²) in [6.45, 7) is 0.499. The summed E-state index contributed by atoms with van der Waals surface area (Å²) >= 11 is 0. The van der Waals surface area contributed by atoms with Crippen LogP contribution in [0.15, 0.2) is 36.4 Å². The molecule has 0 spiro atoms. The van der Waals surface area contributed by atoms with E-state index in [1.54, 1.807) is 6.08 Å². The Kier molecular flexibility index (Phi) is 6.05. The van der Waals surface area contributed by atoms with Gasteiger partial charge in [0.2, 0.25) is 0 Å². The molecule has 0 saturated carbocycles. The van der Waals surface area contributed by atoms with Gasteiger partial charge < -0.3 is 10.1 Å². The largest absolute Gasteiger partial charge is 0.453 e. The average molecular weight is 229 g/mol. The summed E-state index contributed by atoms with van der Waals surface area (Å²) in [4.78, 5) is 10.7. The number of carbonyl (C=O) groups excluding carboxylic acids is 1. The van der Waals surface area contributed by atoms with E-state index >= 15 is 0 Å². The van der Waals surface area contributed by atoms with E-state index in [9.17, 15) is 4.79 Å². The molecule has 88 valence electrons. The molecule has 1 rings (SSSR count). The summed E-state index contributed by atoms with van der Waals surface area (Å²) in [5.41, 5.74) is 1.12. The third-order valence-corrected chi connectivity index (χ3v) is 1.97. The van der Waals surface area contributed by atoms with Crippen molar-refractivity contribution in [3.63, 3.8) is 0 Å². The maximum Gasteiger partial charge on any atom is 0.406 e. The quantitative estimate of drug-likeness (QED) is 0.638. The summed E-state index contributed by atoms with van der Waals surface area (Å²) in [5.74, 6) is 5.83. The molecule has 17 heavy (non-hydrogen) atoms. The summed E-state index contributed by atoms with van der Waals surface area (Å²) in [6, 6.07) is 9.95. The second kappa shape index (κ2) is 8.00. The average Bonchev–Trinajstić information content (AvgIpc) is 2.38. The lowest BCUT2D eigenvalue weighted by Gasteiger charge is -1.98. The molecule has 0 saturated heterocycles. The van der Waals surface area contributed by atoms with Gasteiger partial charge in [0.05, 0.1) is 7.11 Å². The number of nitrogens with one attached hydrogen (secondary N) is 1. The number of hydrogen-bond donors (Lipinski definition) is 1. The molecule has 0 aliphatic carbocycles. The molecule has 0 radical (unpaired) electrons. The minimum absolute atomic E-state index is 0.424. The van der Waals surface area contributed by atoms with E-state index in [4.69, 9.17) is 0 Å². The number of hydrogen-bond acceptors (Lipinski definition) is 2. The molecule has 0 unspecified atom stereocenters. The number of carbonyl (C=O) groups is 1. The van der Waals surface area contributed by atoms with Crippen molar-refractivity contribution in [3.05, 3.63) is 42.0 Å². The van der Waals surface area contributed by atoms with Crippen molar-refractivity contribution in [1.82, 2.24) is 5.32 Å². The van der Waals surface area contributed by atoms with Crippen LogP contribution in [0.3, 0.4) is 0 Å². The van der Waals surface area contributed by atoms with Crippen LogP contribution >= 0.6 is 0 Å². The lowest BCUT2D eigenvalue weighted by molar-refractivity contribution is 0.171. The molecule has 1 N–H and O–H groups in total. The maximum absolute atomic E-state index is 10.7. The zero-order valence-corrected chi connectivity index (χ0v) is 9.77. The highest BCUT2D eigenvalue weighted by Gasteiger charge is 1.93. The second-order valence-electron chi connectivity index (χ2n) is 3.23. The molecule has 1 aromatic rings. The van der Waals surface area contributed by atoms with Crippen molar-refractivity contribution in [1.29, 1.82) is 0 Å². The first-order chi connectivity index (χ1) is 8.33. The van der Waals surface area contributed by atoms with Gasteiger partial charge in [-0.2, -0.15) is 0 Å². The fourth-order valence-electron chi connectivity index (χ4n) is 1.13. The number of allylic oxidation sites excluding steroid dienone is 1. The monoisotopic (exact) mass is 229 g/mol. The van der Waals surface area contributed by atoms with E-state index in [0.29, 0.717) is 13.0 Å². The van der Waals surface area contributed by atoms with E-state index in [1.807, 2.05) is 36.4 Å². The molecule has 0 heterocycles. The number of ether oxygens (including phenoxy) is 1. The number of methoxy groups -OCH3 is 1. The van der Waals surface area contributed by atoms with E-state index in [0.717, 1.165) is 5.56 Å². The number of rotatable bonds is 3. The molecule has 0 fully saturated rings. The molecule has 3 heteroatoms. The van der Waals surface area contributed by atoms with Crippen molar-refractivity contribution in [3.8, 4) is 11.8 Å². The Morgan fingerprint density at radius 2 is 2.18 bits per heavy atom. The second-order valence-corrected chi connectivity index (χ2v) is 3.23. The maximum atomic E-state index is 10.7. The van der Waals surface area contributed by atoms with Gasteiger partial charge >= 0.3 is 6.09 Å². The van der Waals surface area contributed by atoms with Crippen molar-refractivity contribution < 1.29 is 9.53 Å². The molecule has 0 atom stereocenters. The molecule has 1 aromatic carbocycles. The number of alkyl carbamates (subject to hydrolysis) is 1. The van der Waals surface area contributed by atoms with Crippen LogP contribution in [0.2, 0.25) is 0 Å². The number of amides is 1. The first-order valence-corrected chi connectivity index (χ1v) is 5.34. The Morgan fingerprint density at radius 1 is 1.41 bits per heavy atom. The standard InChI is InChI=1S/C14H15NO2/c1-17-14(16)15-12-8-3-2-5-9-13-10-6-4-7-11-13/h4-7,9-11H,8,12H2,1H3,(H,15,16)/b9-5+. The Hall–Kier alpha value is -2.21. The van der Waals surface area contributed by atoms with Crippen LogP contribution in [0.5, 0.6) is 0 Å². The fourth-order valence-corrected chi connectivity index (χ4v) is 1.13. The summed E-state index contributed by atoms with van der Waals surface area (Å²) in [5, 5.41) is 2.55. The molecule has 3 nitrogen and oxygen atoms in total. The highest BCUT2D eigenvalue weighted by atomic mass is 16.5. The van der Waals surface area contributed by atoms with Crippen LogP contribution in [0, 0.1) is 11.8 Å². The summed E-state index contributed by atoms with van der Waals surface area (Å²) in [6.07, 6.45) is 3.93. The van der Waals surface area contributed by atoms with Crippen molar-refractivity contribution in [2.24, 2.45) is 0 Å². The van der Waals surface area contributed by atoms with Crippen molar-refractivity contribution >= 4 is 12.2 Å². The smallest absolute Gasteiger partial charge is 0.406 e. The van der Waals surface area contributed by atoms with Crippen molar-refractivity contribution in [2.75, 3.05) is 13.7 Å². The lowest BCUT2D eigenvalue weighted by atomic mass is 10.2. The summed E-state index contributed by atoms with van der Waals surface area (Å²) in [7, 11) is 1.34. The first-order valence-electron chi connectivity index (χ1n) is 5.34. The zero-order chi connectivity index (χ0) is 12.3. The van der Waals surface area contributed by atoms with Gasteiger partial charge in [0.25, 0.3) is 0 Å². The van der Waals surface area contributed by atoms with Crippen LogP contribution in [-0.4, -0.2) is 19.7 Å². The number of benzene rings is 1. The van der Waals surface area contributed by atoms with Gasteiger partial charge in [-0.25, -0.2) is 4.79 Å². The minimum Gasteiger partial charge on any atom is -0.453 e. The Bertz CT molecular complexity index is 427. The highest BCUT2D eigenvalue weighted by Crippen LogP contribution is 1.99. The predicted molar refractivity (Wildman–Crippen MR) is 68.3 cm³/mol. The normalized spacial score (nSPS) is 9.47. The fraction of sp³-hybridized carbons (Fsp3) is 0.214. The van der Waals surface area contributed by atoms with E-state index in [1.165, 1.54) is 7.11 Å². The van der Waals surface area contributed by atoms with Gasteiger partial charge in [-0.05, 0) is 17.7 Å². The van der Waals surface area contributed by atoms with Gasteiger partial charge in [-0.1, -0.05) is 42.2 Å². The van der Waals surface area contributed by atoms with Gasteiger partial charge in [0.1, 0.15) is 0 Å². The van der Waals surface area contributed by atoms with Crippen LogP contribution in [0.25, 0.3) is 6.08 Å². The SMILES string of the molecule is COC(=O)NCCC#C/C=C/c1ccccc1. The third kappa shape index (κ3) is 6.06. The first kappa shape index (κ1) is 12.9. The lowest BCUT2D eigenvalue weighted by Crippen LogP contribution is -2.23. The summed E-state index contributed by atoms with van der Waals surface area (Å²) < 4.78 is 4.42. The van der Waals surface area contributed by atoms with E-state index in [2.05, 4.69) is 21.9 Å². The van der Waals surface area contributed by atoms with Crippen LogP contribution in [0.4, 0.5) is 4.79 Å². The van der Waals surface area contributed by atoms with E-state index in [-0.39, 0.29) is 0 Å². The molecular weight excluding hydrogens is 214 g/mol. The molecule has 1 amide bonds. The van der Waals surface area contributed by atoms with E-state index < -0.39 is 6.09 Å². The molecule has 0 aliphatic heterocycles. The topological polar surface area (TPSA) is 38.3 Å². The van der Waals surface area contributed by atoms with Gasteiger partial charge in [-0.15, -0.1) is 0 Å². The van der Waals surface area contributed by atoms with Gasteiger partial charge in [0.15, 0.2) is 0 Å². The third-order valence-electron chi connectivity index (χ3n) is 1.97. The Morgan fingerprint density at radius 3 is 2.88 bits per heavy atom. The molecule has 0 aliphatic rings. The predicted octanol–water partition coefficient (Wildman–Crippen LogP) is 2.45. The molecule has 0 bridgehead atoms. The van der Waals surface area contributed by atoms with Crippen LogP contribution < -0.4 is 5.32 Å². The van der Waals surface area contributed by atoms with Gasteiger partial charge in [-0.3, -0.25) is 0 Å². The Balaban J connectivity index is 2.23. The molecule has 0 aromatic heterocycles. The molecular formula is C14H15NO2. The zero-order valence-electron chi connectivity index (χ0n) is 9.77. The van der Waals surface area contributed by atoms with Crippen molar-refractivity contribution in [2.45, 2.75) is 6.42 Å². The minimum atomic E-state index is -0.424. The van der Waals surface area contributed by atoms with Gasteiger partial charge in [0, 0.05) is 13.0 Å². The van der Waals surface area contributed by atoms with Crippen LogP contribution in [-0.2, 0) is 4.74 Å². The van der Waals surface area contributed by atoms with Crippen LogP contribution in [0.1, 0.15) is 12.0 Å². The Labute approximate surface area is 101 Å².